The Balaban J connectivity index is 1.58. The Hall–Kier alpha value is -1.86. The minimum atomic E-state index is -0.160. The van der Waals surface area contributed by atoms with Gasteiger partial charge in [-0.1, -0.05) is 18.5 Å². The number of ether oxygens (including phenoxy) is 1. The Morgan fingerprint density at radius 3 is 3.12 bits per heavy atom. The zero-order valence-corrected chi connectivity index (χ0v) is 15.1. The molecule has 0 unspecified atom stereocenters. The standard InChI is InChI=1S/C17H24ClN5O2/c1-12(10-23-11-13(18)9-20-23)15-8-16(24)22-17(21-15)19-6-5-14-4-2-3-7-25-14/h8-9,11-12,14H,2-7,10H2,1H3,(H2,19,21,22,24)/t12-,14-/m0/s1. The Morgan fingerprint density at radius 1 is 1.52 bits per heavy atom. The quantitative estimate of drug-likeness (QED) is 0.788. The normalized spacial score (nSPS) is 18.9. The maximum absolute atomic E-state index is 11.9. The second-order valence-corrected chi connectivity index (χ2v) is 6.94. The molecule has 136 valence electrons. The van der Waals surface area contributed by atoms with E-state index < -0.39 is 0 Å². The van der Waals surface area contributed by atoms with E-state index in [0.29, 0.717) is 23.6 Å². The molecule has 0 radical (unpaired) electrons. The van der Waals surface area contributed by atoms with Crippen LogP contribution in [-0.2, 0) is 11.3 Å². The molecule has 1 saturated heterocycles. The minimum absolute atomic E-state index is 0.0421. The molecule has 8 heteroatoms. The maximum atomic E-state index is 11.9. The average Bonchev–Trinajstić information content (AvgIpc) is 3.00. The van der Waals surface area contributed by atoms with Crippen molar-refractivity contribution in [1.29, 1.82) is 0 Å². The lowest BCUT2D eigenvalue weighted by atomic mass is 10.1. The van der Waals surface area contributed by atoms with Gasteiger partial charge in [0, 0.05) is 37.9 Å². The fourth-order valence-corrected chi connectivity index (χ4v) is 3.17. The molecule has 1 fully saturated rings. The number of rotatable bonds is 7. The molecule has 2 N–H and O–H groups in total. The van der Waals surface area contributed by atoms with Crippen LogP contribution in [0.15, 0.2) is 23.3 Å². The Bertz CT molecular complexity index is 739. The van der Waals surface area contributed by atoms with Gasteiger partial charge in [0.1, 0.15) is 0 Å². The highest BCUT2D eigenvalue weighted by Crippen LogP contribution is 2.17. The molecule has 7 nitrogen and oxygen atoms in total. The van der Waals surface area contributed by atoms with E-state index in [4.69, 9.17) is 16.3 Å². The van der Waals surface area contributed by atoms with Crippen LogP contribution in [0.2, 0.25) is 5.02 Å². The first-order chi connectivity index (χ1) is 12.1. The molecule has 0 aromatic carbocycles. The van der Waals surface area contributed by atoms with Crippen molar-refractivity contribution >= 4 is 17.5 Å². The fraction of sp³-hybridized carbons (Fsp3) is 0.588. The Morgan fingerprint density at radius 2 is 2.40 bits per heavy atom. The number of hydrogen-bond donors (Lipinski definition) is 2. The minimum Gasteiger partial charge on any atom is -0.378 e. The molecule has 0 bridgehead atoms. The molecule has 0 saturated carbocycles. The summed E-state index contributed by atoms with van der Waals surface area (Å²) in [6, 6.07) is 1.53. The van der Waals surface area contributed by atoms with Crippen molar-refractivity contribution in [3.8, 4) is 0 Å². The predicted molar refractivity (Wildman–Crippen MR) is 97.2 cm³/mol. The van der Waals surface area contributed by atoms with Gasteiger partial charge >= 0.3 is 0 Å². The molecular weight excluding hydrogens is 342 g/mol. The van der Waals surface area contributed by atoms with Crippen molar-refractivity contribution in [1.82, 2.24) is 19.7 Å². The molecule has 1 aliphatic rings. The Labute approximate surface area is 151 Å². The number of aromatic amines is 1. The highest BCUT2D eigenvalue weighted by Gasteiger charge is 2.14. The molecule has 3 heterocycles. The van der Waals surface area contributed by atoms with E-state index in [1.807, 2.05) is 6.92 Å². The summed E-state index contributed by atoms with van der Waals surface area (Å²) in [6.45, 7) is 4.19. The lowest BCUT2D eigenvalue weighted by molar-refractivity contribution is 0.0134. The molecule has 25 heavy (non-hydrogen) atoms. The number of H-pyrrole nitrogens is 1. The number of nitrogens with zero attached hydrogens (tertiary/aromatic N) is 3. The van der Waals surface area contributed by atoms with E-state index in [-0.39, 0.29) is 11.5 Å². The van der Waals surface area contributed by atoms with Crippen LogP contribution in [0.1, 0.15) is 44.2 Å². The predicted octanol–water partition coefficient (Wildman–Crippen LogP) is 2.79. The number of anilines is 1. The van der Waals surface area contributed by atoms with Crippen LogP contribution in [-0.4, -0.2) is 39.0 Å². The maximum Gasteiger partial charge on any atom is 0.252 e. The van der Waals surface area contributed by atoms with Crippen LogP contribution >= 0.6 is 11.6 Å². The van der Waals surface area contributed by atoms with E-state index in [1.165, 1.54) is 12.5 Å². The van der Waals surface area contributed by atoms with Crippen molar-refractivity contribution in [3.63, 3.8) is 0 Å². The number of hydrogen-bond acceptors (Lipinski definition) is 5. The van der Waals surface area contributed by atoms with E-state index in [1.54, 1.807) is 17.1 Å². The number of aromatic nitrogens is 4. The van der Waals surface area contributed by atoms with E-state index >= 15 is 0 Å². The molecule has 1 aliphatic heterocycles. The van der Waals surface area contributed by atoms with Crippen molar-refractivity contribution < 1.29 is 4.74 Å². The van der Waals surface area contributed by atoms with Gasteiger partial charge in [0.25, 0.3) is 5.56 Å². The molecule has 2 atom stereocenters. The van der Waals surface area contributed by atoms with E-state index in [2.05, 4.69) is 20.4 Å². The van der Waals surface area contributed by atoms with Gasteiger partial charge in [0.05, 0.1) is 23.0 Å². The molecular formula is C17H24ClN5O2. The summed E-state index contributed by atoms with van der Waals surface area (Å²) in [5, 5.41) is 7.97. The van der Waals surface area contributed by atoms with Crippen molar-refractivity contribution in [2.24, 2.45) is 0 Å². The summed E-state index contributed by atoms with van der Waals surface area (Å²) in [6.07, 6.45) is 8.06. The van der Waals surface area contributed by atoms with Gasteiger partial charge < -0.3 is 10.1 Å². The lowest BCUT2D eigenvalue weighted by Gasteiger charge is -2.22. The summed E-state index contributed by atoms with van der Waals surface area (Å²) in [7, 11) is 0. The van der Waals surface area contributed by atoms with Crippen LogP contribution in [0.5, 0.6) is 0 Å². The summed E-state index contributed by atoms with van der Waals surface area (Å²) in [5.74, 6) is 0.546. The highest BCUT2D eigenvalue weighted by molar-refractivity contribution is 6.30. The summed E-state index contributed by atoms with van der Waals surface area (Å²) >= 11 is 5.89. The molecule has 0 aliphatic carbocycles. The molecule has 3 rings (SSSR count). The fourth-order valence-electron chi connectivity index (χ4n) is 3.01. The third-order valence-corrected chi connectivity index (χ3v) is 4.56. The van der Waals surface area contributed by atoms with Crippen LogP contribution in [0.3, 0.4) is 0 Å². The summed E-state index contributed by atoms with van der Waals surface area (Å²) in [4.78, 5) is 19.2. The first-order valence-electron chi connectivity index (χ1n) is 8.75. The first kappa shape index (κ1) is 17.9. The van der Waals surface area contributed by atoms with Crippen LogP contribution in [0.4, 0.5) is 5.95 Å². The lowest BCUT2D eigenvalue weighted by Crippen LogP contribution is -2.23. The number of halogens is 1. The van der Waals surface area contributed by atoms with Crippen molar-refractivity contribution in [3.05, 3.63) is 39.5 Å². The van der Waals surface area contributed by atoms with Crippen molar-refractivity contribution in [2.45, 2.75) is 51.2 Å². The van der Waals surface area contributed by atoms with Gasteiger partial charge in [-0.2, -0.15) is 5.10 Å². The van der Waals surface area contributed by atoms with Gasteiger partial charge in [-0.25, -0.2) is 4.98 Å². The largest absolute Gasteiger partial charge is 0.378 e. The smallest absolute Gasteiger partial charge is 0.252 e. The third kappa shape index (κ3) is 5.31. The zero-order valence-electron chi connectivity index (χ0n) is 14.4. The average molecular weight is 366 g/mol. The van der Waals surface area contributed by atoms with Gasteiger partial charge in [-0.15, -0.1) is 0 Å². The molecule has 2 aromatic rings. The monoisotopic (exact) mass is 365 g/mol. The van der Waals surface area contributed by atoms with Gasteiger partial charge in [0.2, 0.25) is 5.95 Å². The van der Waals surface area contributed by atoms with Gasteiger partial charge in [-0.3, -0.25) is 14.5 Å². The van der Waals surface area contributed by atoms with Gasteiger partial charge in [0.15, 0.2) is 0 Å². The van der Waals surface area contributed by atoms with E-state index in [0.717, 1.165) is 38.1 Å². The second-order valence-electron chi connectivity index (χ2n) is 6.50. The highest BCUT2D eigenvalue weighted by atomic mass is 35.5. The Kier molecular flexibility index (Phi) is 6.09. The molecule has 0 amide bonds. The van der Waals surface area contributed by atoms with Crippen LogP contribution < -0.4 is 10.9 Å². The van der Waals surface area contributed by atoms with Crippen LogP contribution in [0, 0.1) is 0 Å². The summed E-state index contributed by atoms with van der Waals surface area (Å²) < 4.78 is 7.47. The zero-order chi connectivity index (χ0) is 17.6. The van der Waals surface area contributed by atoms with Crippen LogP contribution in [0.25, 0.3) is 0 Å². The SMILES string of the molecule is C[C@@H](Cn1cc(Cl)cn1)c1cc(=O)[nH]c(NCC[C@@H]2CCCCO2)n1. The first-order valence-corrected chi connectivity index (χ1v) is 9.12. The van der Waals surface area contributed by atoms with E-state index in [9.17, 15) is 4.79 Å². The third-order valence-electron chi connectivity index (χ3n) is 4.36. The molecule has 2 aromatic heterocycles. The topological polar surface area (TPSA) is 84.8 Å². The number of nitrogens with one attached hydrogen (secondary N) is 2. The molecule has 0 spiro atoms. The second kappa shape index (κ2) is 8.49. The van der Waals surface area contributed by atoms with Crippen molar-refractivity contribution in [2.75, 3.05) is 18.5 Å². The van der Waals surface area contributed by atoms with Gasteiger partial charge in [-0.05, 0) is 25.7 Å². The summed E-state index contributed by atoms with van der Waals surface area (Å²) in [5.41, 5.74) is 0.568.